The van der Waals surface area contributed by atoms with Gasteiger partial charge in [0.25, 0.3) is 0 Å². The van der Waals surface area contributed by atoms with Crippen molar-refractivity contribution < 1.29 is 17.9 Å². The van der Waals surface area contributed by atoms with E-state index < -0.39 is 15.8 Å². The summed E-state index contributed by atoms with van der Waals surface area (Å²) in [5.41, 5.74) is 1.66. The highest BCUT2D eigenvalue weighted by Gasteiger charge is 2.21. The van der Waals surface area contributed by atoms with Gasteiger partial charge < -0.3 is 9.72 Å². The predicted octanol–water partition coefficient (Wildman–Crippen LogP) is 2.47. The van der Waals surface area contributed by atoms with Gasteiger partial charge in [-0.25, -0.2) is 13.2 Å². The van der Waals surface area contributed by atoms with Crippen LogP contribution in [0.3, 0.4) is 0 Å². The molecule has 0 aliphatic rings. The average molecular weight is 307 g/mol. The van der Waals surface area contributed by atoms with Crippen LogP contribution in [0.4, 0.5) is 0 Å². The molecular formula is C15H17NO4S. The molecule has 0 fully saturated rings. The van der Waals surface area contributed by atoms with Crippen molar-refractivity contribution in [2.75, 3.05) is 6.61 Å². The third-order valence-electron chi connectivity index (χ3n) is 3.05. The quantitative estimate of drug-likeness (QED) is 0.861. The number of aromatic nitrogens is 1. The van der Waals surface area contributed by atoms with Crippen molar-refractivity contribution in [2.24, 2.45) is 0 Å². The second-order valence-corrected chi connectivity index (χ2v) is 6.68. The maximum absolute atomic E-state index is 12.4. The van der Waals surface area contributed by atoms with Crippen LogP contribution >= 0.6 is 0 Å². The number of aryl methyl sites for hydroxylation is 1. The lowest BCUT2D eigenvalue weighted by molar-refractivity contribution is 0.0525. The summed E-state index contributed by atoms with van der Waals surface area (Å²) in [7, 11) is -3.50. The van der Waals surface area contributed by atoms with E-state index in [4.69, 9.17) is 4.74 Å². The van der Waals surface area contributed by atoms with Crippen molar-refractivity contribution in [3.05, 3.63) is 53.3 Å². The SMILES string of the molecule is CCOC(=O)c1c[nH]cc1CS(=O)(=O)c1ccc(C)cc1. The molecule has 0 radical (unpaired) electrons. The minimum absolute atomic E-state index is 0.240. The smallest absolute Gasteiger partial charge is 0.339 e. The first kappa shape index (κ1) is 15.3. The van der Waals surface area contributed by atoms with Crippen molar-refractivity contribution in [3.63, 3.8) is 0 Å². The second-order valence-electron chi connectivity index (χ2n) is 4.69. The van der Waals surface area contributed by atoms with Gasteiger partial charge >= 0.3 is 5.97 Å². The molecule has 0 saturated heterocycles. The summed E-state index contributed by atoms with van der Waals surface area (Å²) in [5.74, 6) is -0.763. The van der Waals surface area contributed by atoms with Crippen molar-refractivity contribution in [1.29, 1.82) is 0 Å². The Morgan fingerprint density at radius 1 is 1.19 bits per heavy atom. The third kappa shape index (κ3) is 3.52. The normalized spacial score (nSPS) is 11.3. The van der Waals surface area contributed by atoms with E-state index in [1.165, 1.54) is 12.4 Å². The number of esters is 1. The standard InChI is InChI=1S/C15H17NO4S/c1-3-20-15(17)14-9-16-8-12(14)10-21(18,19)13-6-4-11(2)5-7-13/h4-9,16H,3,10H2,1-2H3. The number of carbonyl (C=O) groups is 1. The topological polar surface area (TPSA) is 76.2 Å². The molecule has 2 rings (SSSR count). The zero-order valence-corrected chi connectivity index (χ0v) is 12.7. The molecule has 0 aliphatic heterocycles. The maximum Gasteiger partial charge on any atom is 0.339 e. The Labute approximate surface area is 123 Å². The van der Waals surface area contributed by atoms with E-state index in [1.54, 1.807) is 31.2 Å². The van der Waals surface area contributed by atoms with Crippen LogP contribution in [-0.4, -0.2) is 26.0 Å². The fraction of sp³-hybridized carbons (Fsp3) is 0.267. The molecule has 112 valence electrons. The van der Waals surface area contributed by atoms with E-state index in [9.17, 15) is 13.2 Å². The largest absolute Gasteiger partial charge is 0.462 e. The summed E-state index contributed by atoms with van der Waals surface area (Å²) < 4.78 is 29.7. The number of aromatic amines is 1. The minimum Gasteiger partial charge on any atom is -0.462 e. The van der Waals surface area contributed by atoms with Gasteiger partial charge in [-0.1, -0.05) is 17.7 Å². The summed E-state index contributed by atoms with van der Waals surface area (Å²) in [6.07, 6.45) is 2.97. The van der Waals surface area contributed by atoms with Crippen molar-refractivity contribution in [3.8, 4) is 0 Å². The molecule has 6 heteroatoms. The minimum atomic E-state index is -3.50. The number of hydrogen-bond donors (Lipinski definition) is 1. The van der Waals surface area contributed by atoms with E-state index in [-0.39, 0.29) is 22.8 Å². The molecule has 1 N–H and O–H groups in total. The fourth-order valence-corrected chi connectivity index (χ4v) is 3.31. The first-order valence-corrected chi connectivity index (χ1v) is 8.21. The number of H-pyrrole nitrogens is 1. The zero-order valence-electron chi connectivity index (χ0n) is 11.9. The van der Waals surface area contributed by atoms with Crippen LogP contribution in [0.25, 0.3) is 0 Å². The monoisotopic (exact) mass is 307 g/mol. The molecule has 0 unspecified atom stereocenters. The lowest BCUT2D eigenvalue weighted by Crippen LogP contribution is -2.10. The predicted molar refractivity (Wildman–Crippen MR) is 78.8 cm³/mol. The number of hydrogen-bond acceptors (Lipinski definition) is 4. The van der Waals surface area contributed by atoms with Crippen molar-refractivity contribution in [2.45, 2.75) is 24.5 Å². The highest BCUT2D eigenvalue weighted by atomic mass is 32.2. The van der Waals surface area contributed by atoms with E-state index in [1.807, 2.05) is 6.92 Å². The summed E-state index contributed by atoms with van der Waals surface area (Å²) in [5, 5.41) is 0. The first-order chi connectivity index (χ1) is 9.94. The van der Waals surface area contributed by atoms with Crippen LogP contribution in [0.2, 0.25) is 0 Å². The third-order valence-corrected chi connectivity index (χ3v) is 4.73. The van der Waals surface area contributed by atoms with Gasteiger partial charge in [-0.2, -0.15) is 0 Å². The molecular weight excluding hydrogens is 290 g/mol. The van der Waals surface area contributed by atoms with E-state index in [0.29, 0.717) is 5.56 Å². The molecule has 1 aromatic heterocycles. The Kier molecular flexibility index (Phi) is 4.47. The summed E-state index contributed by atoms with van der Waals surface area (Å²) in [6, 6.07) is 6.63. The van der Waals surface area contributed by atoms with Gasteiger partial charge in [-0.05, 0) is 31.5 Å². The molecule has 0 spiro atoms. The van der Waals surface area contributed by atoms with Crippen LogP contribution in [0.5, 0.6) is 0 Å². The van der Waals surface area contributed by atoms with E-state index in [0.717, 1.165) is 5.56 Å². The number of sulfone groups is 1. The summed E-state index contributed by atoms with van der Waals surface area (Å²) >= 11 is 0. The summed E-state index contributed by atoms with van der Waals surface area (Å²) in [4.78, 5) is 14.8. The van der Waals surface area contributed by atoms with Crippen LogP contribution in [0.15, 0.2) is 41.6 Å². The lowest BCUT2D eigenvalue weighted by atomic mass is 10.2. The molecule has 0 amide bonds. The second kappa shape index (κ2) is 6.13. The molecule has 2 aromatic rings. The van der Waals surface area contributed by atoms with Crippen LogP contribution < -0.4 is 0 Å². The Hall–Kier alpha value is -2.08. The van der Waals surface area contributed by atoms with Gasteiger partial charge in [-0.3, -0.25) is 0 Å². The van der Waals surface area contributed by atoms with Gasteiger partial charge in [0, 0.05) is 12.4 Å². The van der Waals surface area contributed by atoms with Gasteiger partial charge in [0.05, 0.1) is 22.8 Å². The van der Waals surface area contributed by atoms with Crippen molar-refractivity contribution >= 4 is 15.8 Å². The highest BCUT2D eigenvalue weighted by molar-refractivity contribution is 7.90. The Bertz CT molecular complexity index is 729. The van der Waals surface area contributed by atoms with Crippen molar-refractivity contribution in [1.82, 2.24) is 4.98 Å². The number of ether oxygens (including phenoxy) is 1. The van der Waals surface area contributed by atoms with Crippen LogP contribution in [0, 0.1) is 6.92 Å². The number of rotatable bonds is 5. The molecule has 0 bridgehead atoms. The Morgan fingerprint density at radius 2 is 1.86 bits per heavy atom. The molecule has 0 saturated carbocycles. The zero-order chi connectivity index (χ0) is 15.5. The maximum atomic E-state index is 12.4. The average Bonchev–Trinajstić information content (AvgIpc) is 2.87. The molecule has 1 heterocycles. The molecule has 21 heavy (non-hydrogen) atoms. The lowest BCUT2D eigenvalue weighted by Gasteiger charge is -2.06. The summed E-state index contributed by atoms with van der Waals surface area (Å²) in [6.45, 7) is 3.84. The van der Waals surface area contributed by atoms with E-state index >= 15 is 0 Å². The first-order valence-electron chi connectivity index (χ1n) is 6.56. The number of nitrogens with one attached hydrogen (secondary N) is 1. The van der Waals surface area contributed by atoms with Gasteiger partial charge in [0.2, 0.25) is 0 Å². The van der Waals surface area contributed by atoms with Gasteiger partial charge in [-0.15, -0.1) is 0 Å². The molecule has 0 aliphatic carbocycles. The number of carbonyl (C=O) groups excluding carboxylic acids is 1. The number of benzene rings is 1. The molecule has 0 atom stereocenters. The Morgan fingerprint density at radius 3 is 2.48 bits per heavy atom. The van der Waals surface area contributed by atoms with Gasteiger partial charge in [0.1, 0.15) is 0 Å². The van der Waals surface area contributed by atoms with E-state index in [2.05, 4.69) is 4.98 Å². The highest BCUT2D eigenvalue weighted by Crippen LogP contribution is 2.20. The molecule has 1 aromatic carbocycles. The van der Waals surface area contributed by atoms with Crippen LogP contribution in [-0.2, 0) is 20.3 Å². The van der Waals surface area contributed by atoms with Crippen LogP contribution in [0.1, 0.15) is 28.4 Å². The fourth-order valence-electron chi connectivity index (χ4n) is 1.95. The Balaban J connectivity index is 2.27. The molecule has 5 nitrogen and oxygen atoms in total. The van der Waals surface area contributed by atoms with Gasteiger partial charge in [0.15, 0.2) is 9.84 Å².